The molecule has 1 aliphatic carbocycles. The van der Waals surface area contributed by atoms with Crippen LogP contribution in [0.2, 0.25) is 0 Å². The van der Waals surface area contributed by atoms with E-state index < -0.39 is 26.3 Å². The Labute approximate surface area is 157 Å². The summed E-state index contributed by atoms with van der Waals surface area (Å²) in [5, 5.41) is 2.54. The number of halogens is 3. The monoisotopic (exact) mass is 406 g/mol. The van der Waals surface area contributed by atoms with Crippen molar-refractivity contribution in [3.8, 4) is 0 Å². The number of sulfone groups is 1. The number of amides is 1. The van der Waals surface area contributed by atoms with E-state index in [0.717, 1.165) is 12.1 Å². The zero-order valence-electron chi connectivity index (χ0n) is 15.6. The van der Waals surface area contributed by atoms with Gasteiger partial charge in [-0.15, -0.1) is 0 Å². The van der Waals surface area contributed by atoms with Crippen LogP contribution in [0.3, 0.4) is 0 Å². The molecule has 27 heavy (non-hydrogen) atoms. The molecule has 1 aromatic heterocycles. The number of carbonyl (C=O) groups is 1. The maximum atomic E-state index is 12.5. The van der Waals surface area contributed by atoms with Gasteiger partial charge in [-0.1, -0.05) is 0 Å². The molecule has 5 nitrogen and oxygen atoms in total. The molecule has 0 aromatic carbocycles. The molecule has 1 saturated carbocycles. The highest BCUT2D eigenvalue weighted by molar-refractivity contribution is 7.92. The molecule has 0 radical (unpaired) electrons. The number of aromatic nitrogens is 1. The van der Waals surface area contributed by atoms with Gasteiger partial charge in [-0.2, -0.15) is 13.2 Å². The van der Waals surface area contributed by atoms with Crippen LogP contribution in [-0.4, -0.2) is 29.8 Å². The lowest BCUT2D eigenvalue weighted by atomic mass is 9.82. The minimum absolute atomic E-state index is 0.0301. The first-order valence-electron chi connectivity index (χ1n) is 8.86. The van der Waals surface area contributed by atoms with Crippen LogP contribution >= 0.6 is 0 Å². The first-order valence-corrected chi connectivity index (χ1v) is 10.5. The van der Waals surface area contributed by atoms with Gasteiger partial charge in [0.15, 0.2) is 9.84 Å². The van der Waals surface area contributed by atoms with E-state index in [9.17, 15) is 26.4 Å². The van der Waals surface area contributed by atoms with E-state index >= 15 is 0 Å². The summed E-state index contributed by atoms with van der Waals surface area (Å²) in [6.07, 6.45) is -1.42. The second-order valence-electron chi connectivity index (χ2n) is 8.03. The molecule has 1 amide bonds. The van der Waals surface area contributed by atoms with Crippen LogP contribution in [0.15, 0.2) is 18.3 Å². The molecule has 2 rings (SSSR count). The molecular formula is C18H25F3N2O3S. The van der Waals surface area contributed by atoms with E-state index in [4.69, 9.17) is 0 Å². The fourth-order valence-electron chi connectivity index (χ4n) is 3.02. The Bertz CT molecular complexity index is 761. The molecule has 1 aliphatic rings. The lowest BCUT2D eigenvalue weighted by Crippen LogP contribution is -2.35. The van der Waals surface area contributed by atoms with Crippen molar-refractivity contribution in [2.75, 3.05) is 11.1 Å². The highest BCUT2D eigenvalue weighted by atomic mass is 32.2. The first-order chi connectivity index (χ1) is 12.3. The predicted octanol–water partition coefficient (Wildman–Crippen LogP) is 4.06. The highest BCUT2D eigenvalue weighted by Gasteiger charge is 2.35. The van der Waals surface area contributed by atoms with Crippen molar-refractivity contribution in [1.29, 1.82) is 0 Å². The zero-order chi connectivity index (χ0) is 20.5. The minimum Gasteiger partial charge on any atom is -0.310 e. The molecule has 0 unspecified atom stereocenters. The van der Waals surface area contributed by atoms with Gasteiger partial charge in [0.25, 0.3) is 0 Å². The van der Waals surface area contributed by atoms with Crippen molar-refractivity contribution in [1.82, 2.24) is 4.98 Å². The molecule has 0 bridgehead atoms. The van der Waals surface area contributed by atoms with Crippen molar-refractivity contribution in [3.05, 3.63) is 23.9 Å². The molecule has 0 aliphatic heterocycles. The van der Waals surface area contributed by atoms with E-state index in [1.807, 2.05) is 0 Å². The summed E-state index contributed by atoms with van der Waals surface area (Å²) in [6, 6.07) is 2.00. The summed E-state index contributed by atoms with van der Waals surface area (Å²) >= 11 is 0. The van der Waals surface area contributed by atoms with E-state index in [1.54, 1.807) is 20.8 Å². The molecule has 0 atom stereocenters. The predicted molar refractivity (Wildman–Crippen MR) is 96.9 cm³/mol. The highest BCUT2D eigenvalue weighted by Crippen LogP contribution is 2.33. The van der Waals surface area contributed by atoms with Crippen LogP contribution in [0.1, 0.15) is 52.0 Å². The Morgan fingerprint density at radius 1 is 1.15 bits per heavy atom. The molecule has 1 fully saturated rings. The minimum atomic E-state index is -4.47. The van der Waals surface area contributed by atoms with Gasteiger partial charge in [0, 0.05) is 12.1 Å². The number of nitrogens with one attached hydrogen (secondary N) is 1. The Morgan fingerprint density at radius 2 is 1.74 bits per heavy atom. The van der Waals surface area contributed by atoms with E-state index in [1.165, 1.54) is 0 Å². The Kier molecular flexibility index (Phi) is 6.23. The molecule has 1 heterocycles. The Balaban J connectivity index is 1.88. The Morgan fingerprint density at radius 3 is 2.19 bits per heavy atom. The topological polar surface area (TPSA) is 76.1 Å². The van der Waals surface area contributed by atoms with Gasteiger partial charge >= 0.3 is 6.18 Å². The summed E-state index contributed by atoms with van der Waals surface area (Å²) in [4.78, 5) is 15.9. The molecule has 0 spiro atoms. The lowest BCUT2D eigenvalue weighted by Gasteiger charge is -2.29. The van der Waals surface area contributed by atoms with Crippen LogP contribution in [0.25, 0.3) is 0 Å². The van der Waals surface area contributed by atoms with Gasteiger partial charge in [-0.25, -0.2) is 13.4 Å². The van der Waals surface area contributed by atoms with Crippen molar-refractivity contribution in [2.24, 2.45) is 11.8 Å². The number of alkyl halides is 3. The number of rotatable bonds is 4. The normalized spacial score (nSPS) is 21.7. The number of hydrogen-bond donors (Lipinski definition) is 1. The van der Waals surface area contributed by atoms with Crippen molar-refractivity contribution in [3.63, 3.8) is 0 Å². The third kappa shape index (κ3) is 5.67. The number of hydrogen-bond acceptors (Lipinski definition) is 4. The van der Waals surface area contributed by atoms with Crippen LogP contribution < -0.4 is 5.32 Å². The first kappa shape index (κ1) is 21.7. The van der Waals surface area contributed by atoms with Gasteiger partial charge in [0.05, 0.1) is 16.1 Å². The molecule has 1 aromatic rings. The SMILES string of the molecule is CC(C)(C)S(=O)(=O)C[C@H]1CC[C@H](C(=O)Nc2ccc(C(F)(F)F)cn2)CC1. The van der Waals surface area contributed by atoms with Crippen molar-refractivity contribution >= 4 is 21.6 Å². The largest absolute Gasteiger partial charge is 0.417 e. The zero-order valence-corrected chi connectivity index (χ0v) is 16.5. The van der Waals surface area contributed by atoms with Crippen LogP contribution in [0.5, 0.6) is 0 Å². The molecule has 152 valence electrons. The van der Waals surface area contributed by atoms with Gasteiger partial charge in [-0.05, 0) is 64.5 Å². The quantitative estimate of drug-likeness (QED) is 0.818. The molecular weight excluding hydrogens is 381 g/mol. The van der Waals surface area contributed by atoms with Gasteiger partial charge in [-0.3, -0.25) is 4.79 Å². The van der Waals surface area contributed by atoms with E-state index in [-0.39, 0.29) is 29.3 Å². The molecule has 1 N–H and O–H groups in total. The van der Waals surface area contributed by atoms with Gasteiger partial charge in [0.1, 0.15) is 5.82 Å². The maximum absolute atomic E-state index is 12.5. The number of nitrogens with zero attached hydrogens (tertiary/aromatic N) is 1. The maximum Gasteiger partial charge on any atom is 0.417 e. The summed E-state index contributed by atoms with van der Waals surface area (Å²) in [6.45, 7) is 5.04. The van der Waals surface area contributed by atoms with Gasteiger partial charge in [0.2, 0.25) is 5.91 Å². The van der Waals surface area contributed by atoms with Crippen LogP contribution in [0, 0.1) is 11.8 Å². The van der Waals surface area contributed by atoms with Crippen LogP contribution in [-0.2, 0) is 20.8 Å². The summed E-state index contributed by atoms with van der Waals surface area (Å²) in [7, 11) is -3.20. The third-order valence-corrected chi connectivity index (χ3v) is 7.72. The molecule has 0 saturated heterocycles. The number of pyridine rings is 1. The number of carbonyl (C=O) groups excluding carboxylic acids is 1. The van der Waals surface area contributed by atoms with E-state index in [0.29, 0.717) is 31.9 Å². The summed E-state index contributed by atoms with van der Waals surface area (Å²) in [5.41, 5.74) is -0.874. The standard InChI is InChI=1S/C18H25F3N2O3S/c1-17(2,3)27(25,26)11-12-4-6-13(7-5-12)16(24)23-15-9-8-14(10-22-15)18(19,20)21/h8-10,12-13H,4-7,11H2,1-3H3,(H,22,23,24)/t12-,13-. The molecule has 9 heteroatoms. The van der Waals surface area contributed by atoms with Gasteiger partial charge < -0.3 is 5.32 Å². The Hall–Kier alpha value is -1.64. The second kappa shape index (κ2) is 7.77. The lowest BCUT2D eigenvalue weighted by molar-refractivity contribution is -0.137. The average molecular weight is 406 g/mol. The smallest absolute Gasteiger partial charge is 0.310 e. The fraction of sp³-hybridized carbons (Fsp3) is 0.667. The summed E-state index contributed by atoms with van der Waals surface area (Å²) < 4.78 is 61.4. The average Bonchev–Trinajstić information content (AvgIpc) is 2.53. The summed E-state index contributed by atoms with van der Waals surface area (Å²) in [5.74, 6) is -0.361. The van der Waals surface area contributed by atoms with Crippen molar-refractivity contribution < 1.29 is 26.4 Å². The second-order valence-corrected chi connectivity index (χ2v) is 10.8. The third-order valence-electron chi connectivity index (χ3n) is 4.95. The fourth-order valence-corrected chi connectivity index (χ4v) is 4.47. The number of anilines is 1. The van der Waals surface area contributed by atoms with Crippen molar-refractivity contribution in [2.45, 2.75) is 57.4 Å². The van der Waals surface area contributed by atoms with E-state index in [2.05, 4.69) is 10.3 Å². The van der Waals surface area contributed by atoms with Crippen LogP contribution in [0.4, 0.5) is 19.0 Å².